The number of nitriles is 1. The van der Waals surface area contributed by atoms with Crippen LogP contribution in [0.3, 0.4) is 0 Å². The number of fused-ring (bicyclic) bond motifs is 1. The molecule has 8 heteroatoms. The van der Waals surface area contributed by atoms with E-state index in [9.17, 15) is 14.4 Å². The van der Waals surface area contributed by atoms with Crippen LogP contribution in [0.15, 0.2) is 36.4 Å². The van der Waals surface area contributed by atoms with Crippen molar-refractivity contribution in [2.24, 2.45) is 0 Å². The lowest BCUT2D eigenvalue weighted by Crippen LogP contribution is -2.22. The van der Waals surface area contributed by atoms with Gasteiger partial charge < -0.3 is 10.2 Å². The quantitative estimate of drug-likeness (QED) is 0.669. The second-order valence-corrected chi connectivity index (χ2v) is 6.75. The van der Waals surface area contributed by atoms with Gasteiger partial charge in [-0.25, -0.2) is 9.37 Å². The van der Waals surface area contributed by atoms with E-state index in [1.54, 1.807) is 26.2 Å². The lowest BCUT2D eigenvalue weighted by molar-refractivity contribution is 0.0828. The minimum Gasteiger partial charge on any atom is -0.354 e. The number of rotatable bonds is 3. The Kier molecular flexibility index (Phi) is 5.17. The number of hydrogen-bond acceptors (Lipinski definition) is 4. The van der Waals surface area contributed by atoms with Crippen LogP contribution in [0.1, 0.15) is 16.1 Å². The van der Waals surface area contributed by atoms with Crippen LogP contribution in [-0.2, 0) is 0 Å². The highest BCUT2D eigenvalue weighted by molar-refractivity contribution is 6.38. The van der Waals surface area contributed by atoms with E-state index in [1.807, 2.05) is 6.07 Å². The van der Waals surface area contributed by atoms with Crippen LogP contribution >= 0.6 is 23.2 Å². The predicted octanol–water partition coefficient (Wildman–Crippen LogP) is 5.00. The highest BCUT2D eigenvalue weighted by Gasteiger charge is 2.17. The summed E-state index contributed by atoms with van der Waals surface area (Å²) in [5.74, 6) is -0.832. The SMILES string of the molecule is CN(C)C(=O)c1cc(Nc2cc(C#N)nc3c(F)cccc23)c(Cl)cc1Cl. The molecule has 1 heterocycles. The molecule has 136 valence electrons. The van der Waals surface area contributed by atoms with Crippen LogP contribution in [0.25, 0.3) is 10.9 Å². The van der Waals surface area contributed by atoms with Crippen molar-refractivity contribution in [3.05, 3.63) is 63.5 Å². The Morgan fingerprint density at radius 1 is 1.19 bits per heavy atom. The molecule has 3 aromatic rings. The van der Waals surface area contributed by atoms with Gasteiger partial charge in [0.2, 0.25) is 0 Å². The number of pyridine rings is 1. The van der Waals surface area contributed by atoms with Crippen LogP contribution in [0.4, 0.5) is 15.8 Å². The standard InChI is InChI=1S/C19H13Cl2FN4O/c1-26(2)19(27)12-7-17(14(21)8-13(12)20)25-16-6-10(9-23)24-18-11(16)4-3-5-15(18)22/h3-8H,1-2H3,(H,24,25). The van der Waals surface area contributed by atoms with E-state index in [0.29, 0.717) is 16.8 Å². The maximum Gasteiger partial charge on any atom is 0.254 e. The minimum absolute atomic E-state index is 0.0461. The average molecular weight is 403 g/mol. The van der Waals surface area contributed by atoms with E-state index in [4.69, 9.17) is 23.2 Å². The first-order chi connectivity index (χ1) is 12.8. The van der Waals surface area contributed by atoms with Crippen molar-refractivity contribution in [2.75, 3.05) is 19.4 Å². The molecular weight excluding hydrogens is 390 g/mol. The topological polar surface area (TPSA) is 69.0 Å². The zero-order chi connectivity index (χ0) is 19.7. The number of carbonyl (C=O) groups excluding carboxylic acids is 1. The molecule has 1 amide bonds. The van der Waals surface area contributed by atoms with E-state index in [1.165, 1.54) is 29.2 Å². The summed E-state index contributed by atoms with van der Waals surface area (Å²) in [5.41, 5.74) is 1.20. The fourth-order valence-corrected chi connectivity index (χ4v) is 3.08. The number of nitrogens with one attached hydrogen (secondary N) is 1. The predicted molar refractivity (Wildman–Crippen MR) is 104 cm³/mol. The van der Waals surface area contributed by atoms with Crippen molar-refractivity contribution in [3.8, 4) is 6.07 Å². The highest BCUT2D eigenvalue weighted by Crippen LogP contribution is 2.34. The molecule has 0 spiro atoms. The molecule has 3 rings (SSSR count). The van der Waals surface area contributed by atoms with Crippen molar-refractivity contribution in [3.63, 3.8) is 0 Å². The molecular formula is C19H13Cl2FN4O. The number of anilines is 2. The smallest absolute Gasteiger partial charge is 0.254 e. The zero-order valence-electron chi connectivity index (χ0n) is 14.3. The summed E-state index contributed by atoms with van der Waals surface area (Å²) >= 11 is 12.4. The Morgan fingerprint density at radius 3 is 2.59 bits per heavy atom. The van der Waals surface area contributed by atoms with Crippen molar-refractivity contribution in [2.45, 2.75) is 0 Å². The molecule has 1 N–H and O–H groups in total. The van der Waals surface area contributed by atoms with Crippen molar-refractivity contribution in [1.82, 2.24) is 9.88 Å². The van der Waals surface area contributed by atoms with Crippen LogP contribution in [0, 0.1) is 17.1 Å². The Bertz CT molecular complexity index is 1110. The number of carbonyl (C=O) groups is 1. The number of benzene rings is 2. The fourth-order valence-electron chi connectivity index (χ4n) is 2.57. The van der Waals surface area contributed by atoms with E-state index < -0.39 is 5.82 Å². The van der Waals surface area contributed by atoms with Gasteiger partial charge in [-0.2, -0.15) is 5.26 Å². The van der Waals surface area contributed by atoms with Gasteiger partial charge in [0.05, 0.1) is 27.0 Å². The molecule has 0 radical (unpaired) electrons. The number of hydrogen-bond donors (Lipinski definition) is 1. The number of amides is 1. The second-order valence-electron chi connectivity index (χ2n) is 5.94. The third-order valence-electron chi connectivity index (χ3n) is 3.87. The maximum atomic E-state index is 14.1. The molecule has 2 aromatic carbocycles. The molecule has 0 saturated carbocycles. The highest BCUT2D eigenvalue weighted by atomic mass is 35.5. The normalized spacial score (nSPS) is 10.5. The first kappa shape index (κ1) is 18.9. The third-order valence-corrected chi connectivity index (χ3v) is 4.49. The molecule has 5 nitrogen and oxygen atoms in total. The van der Waals surface area contributed by atoms with Gasteiger partial charge in [0, 0.05) is 19.5 Å². The van der Waals surface area contributed by atoms with Crippen LogP contribution < -0.4 is 5.32 Å². The zero-order valence-corrected chi connectivity index (χ0v) is 15.9. The molecule has 0 aliphatic rings. The van der Waals surface area contributed by atoms with Crippen LogP contribution in [0.2, 0.25) is 10.0 Å². The summed E-state index contributed by atoms with van der Waals surface area (Å²) < 4.78 is 14.1. The number of halogens is 3. The van der Waals surface area contributed by atoms with Gasteiger partial charge in [-0.3, -0.25) is 4.79 Å². The van der Waals surface area contributed by atoms with Gasteiger partial charge in [-0.15, -0.1) is 0 Å². The Morgan fingerprint density at radius 2 is 1.93 bits per heavy atom. The maximum absolute atomic E-state index is 14.1. The molecule has 0 bridgehead atoms. The molecule has 0 atom stereocenters. The monoisotopic (exact) mass is 402 g/mol. The second kappa shape index (κ2) is 7.39. The summed E-state index contributed by atoms with van der Waals surface area (Å²) in [6.45, 7) is 0. The minimum atomic E-state index is -0.543. The summed E-state index contributed by atoms with van der Waals surface area (Å²) in [4.78, 5) is 17.7. The van der Waals surface area contributed by atoms with E-state index in [-0.39, 0.29) is 32.7 Å². The Hall–Kier alpha value is -2.88. The molecule has 1 aromatic heterocycles. The van der Waals surface area contributed by atoms with Gasteiger partial charge in [0.15, 0.2) is 0 Å². The van der Waals surface area contributed by atoms with E-state index in [0.717, 1.165) is 0 Å². The van der Waals surface area contributed by atoms with Crippen molar-refractivity contribution < 1.29 is 9.18 Å². The number of nitrogens with zero attached hydrogens (tertiary/aromatic N) is 3. The summed E-state index contributed by atoms with van der Waals surface area (Å²) in [6, 6.07) is 10.8. The lowest BCUT2D eigenvalue weighted by atomic mass is 10.1. The molecule has 0 aliphatic carbocycles. The molecule has 0 unspecified atom stereocenters. The van der Waals surface area contributed by atoms with Crippen LogP contribution in [0.5, 0.6) is 0 Å². The fraction of sp³-hybridized carbons (Fsp3) is 0.105. The summed E-state index contributed by atoms with van der Waals surface area (Å²) in [5, 5.41) is 13.2. The molecule has 0 saturated heterocycles. The third kappa shape index (κ3) is 3.65. The van der Waals surface area contributed by atoms with Gasteiger partial charge in [0.25, 0.3) is 5.91 Å². The first-order valence-electron chi connectivity index (χ1n) is 7.79. The van der Waals surface area contributed by atoms with Gasteiger partial charge in [-0.1, -0.05) is 35.3 Å². The summed E-state index contributed by atoms with van der Waals surface area (Å²) in [6.07, 6.45) is 0. The van der Waals surface area contributed by atoms with Gasteiger partial charge >= 0.3 is 0 Å². The van der Waals surface area contributed by atoms with Gasteiger partial charge in [-0.05, 0) is 24.3 Å². The molecule has 0 aliphatic heterocycles. The van der Waals surface area contributed by atoms with Crippen LogP contribution in [-0.4, -0.2) is 29.9 Å². The average Bonchev–Trinajstić information content (AvgIpc) is 2.63. The Labute approximate surface area is 164 Å². The number of para-hydroxylation sites is 1. The Balaban J connectivity index is 2.16. The number of aromatic nitrogens is 1. The van der Waals surface area contributed by atoms with Gasteiger partial charge in [0.1, 0.15) is 23.1 Å². The summed E-state index contributed by atoms with van der Waals surface area (Å²) in [7, 11) is 3.22. The molecule has 27 heavy (non-hydrogen) atoms. The van der Waals surface area contributed by atoms with E-state index >= 15 is 0 Å². The lowest BCUT2D eigenvalue weighted by Gasteiger charge is -2.16. The van der Waals surface area contributed by atoms with E-state index in [2.05, 4.69) is 10.3 Å². The van der Waals surface area contributed by atoms with Crippen molar-refractivity contribution >= 4 is 51.4 Å². The first-order valence-corrected chi connectivity index (χ1v) is 8.54. The van der Waals surface area contributed by atoms with Crippen molar-refractivity contribution in [1.29, 1.82) is 5.26 Å². The largest absolute Gasteiger partial charge is 0.354 e. The molecule has 0 fully saturated rings.